The monoisotopic (exact) mass is 665 g/mol. The van der Waals surface area contributed by atoms with Crippen LogP contribution in [0.3, 0.4) is 0 Å². The molecule has 7 rings (SSSR count). The van der Waals surface area contributed by atoms with Crippen LogP contribution < -0.4 is 15.1 Å². The number of hydrogen-bond donors (Lipinski definition) is 2. The van der Waals surface area contributed by atoms with E-state index in [4.69, 9.17) is 0 Å². The standard InChI is InChI=1S/C38H47N7O4/c1-25(2)28-21-39-37(40-22-28)42(3)30-12-16-44(17-13-30)31-7-4-26(5-8-31)23-43-18-14-38(49,15-19-43)29-6-9-32-27(20-29)24-45(36(32)48)33-10-11-34(46)41-35(33)47/h4-9,20-22,25,30,33,49H,10-19,23-24H2,1-3H3,(H,41,46,47). The Bertz CT molecular complexity index is 1690. The number of nitrogens with zero attached hydrogens (tertiary/aromatic N) is 6. The number of benzene rings is 2. The molecule has 3 saturated heterocycles. The zero-order valence-electron chi connectivity index (χ0n) is 28.8. The van der Waals surface area contributed by atoms with E-state index in [1.165, 1.54) is 11.3 Å². The molecule has 0 aliphatic carbocycles. The van der Waals surface area contributed by atoms with Crippen LogP contribution in [0.2, 0.25) is 0 Å². The van der Waals surface area contributed by atoms with Crippen molar-refractivity contribution in [3.05, 3.63) is 82.7 Å². The van der Waals surface area contributed by atoms with Crippen LogP contribution in [0.5, 0.6) is 0 Å². The molecule has 258 valence electrons. The molecule has 3 fully saturated rings. The van der Waals surface area contributed by atoms with Crippen molar-refractivity contribution in [2.24, 2.45) is 0 Å². The van der Waals surface area contributed by atoms with E-state index in [2.05, 4.69) is 75.1 Å². The van der Waals surface area contributed by atoms with Gasteiger partial charge in [0.15, 0.2) is 0 Å². The molecule has 0 radical (unpaired) electrons. The summed E-state index contributed by atoms with van der Waals surface area (Å²) in [7, 11) is 2.10. The molecular formula is C38H47N7O4. The number of aliphatic hydroxyl groups is 1. The summed E-state index contributed by atoms with van der Waals surface area (Å²) in [6.07, 6.45) is 7.78. The average Bonchev–Trinajstić information content (AvgIpc) is 3.44. The fraction of sp³-hybridized carbons (Fsp3) is 0.500. The lowest BCUT2D eigenvalue weighted by Crippen LogP contribution is -2.52. The number of carbonyl (C=O) groups excluding carboxylic acids is 3. The van der Waals surface area contributed by atoms with E-state index in [9.17, 15) is 19.5 Å². The van der Waals surface area contributed by atoms with Gasteiger partial charge in [0.25, 0.3) is 5.91 Å². The second-order valence-electron chi connectivity index (χ2n) is 14.5. The lowest BCUT2D eigenvalue weighted by Gasteiger charge is -2.39. The molecule has 3 aromatic rings. The Morgan fingerprint density at radius 2 is 1.65 bits per heavy atom. The van der Waals surface area contributed by atoms with Crippen molar-refractivity contribution in [2.45, 2.75) is 89.1 Å². The normalized spacial score (nSPS) is 21.7. The third-order valence-electron chi connectivity index (χ3n) is 11.1. The highest BCUT2D eigenvalue weighted by atomic mass is 16.3. The van der Waals surface area contributed by atoms with Crippen LogP contribution in [0.25, 0.3) is 0 Å². The SMILES string of the molecule is CC(C)c1cnc(N(C)C2CCN(c3ccc(CN4CCC(O)(c5ccc6c(c5)CN(C5CCC(=O)NC5=O)C6=O)CC4)cc3)CC2)nc1. The molecule has 2 N–H and O–H groups in total. The molecule has 49 heavy (non-hydrogen) atoms. The van der Waals surface area contributed by atoms with Crippen molar-refractivity contribution in [3.8, 4) is 0 Å². The maximum atomic E-state index is 13.1. The van der Waals surface area contributed by atoms with Crippen LogP contribution in [0.1, 0.15) is 90.9 Å². The Morgan fingerprint density at radius 3 is 2.31 bits per heavy atom. The fourth-order valence-electron chi connectivity index (χ4n) is 7.79. The van der Waals surface area contributed by atoms with Gasteiger partial charge in [-0.2, -0.15) is 0 Å². The van der Waals surface area contributed by atoms with Crippen LogP contribution >= 0.6 is 0 Å². The van der Waals surface area contributed by atoms with Crippen molar-refractivity contribution in [1.29, 1.82) is 0 Å². The van der Waals surface area contributed by atoms with E-state index >= 15 is 0 Å². The summed E-state index contributed by atoms with van der Waals surface area (Å²) >= 11 is 0. The zero-order chi connectivity index (χ0) is 34.3. The van der Waals surface area contributed by atoms with Gasteiger partial charge in [-0.3, -0.25) is 24.6 Å². The van der Waals surface area contributed by atoms with Gasteiger partial charge in [0.1, 0.15) is 6.04 Å². The lowest BCUT2D eigenvalue weighted by molar-refractivity contribution is -0.136. The predicted octanol–water partition coefficient (Wildman–Crippen LogP) is 3.95. The van der Waals surface area contributed by atoms with E-state index < -0.39 is 17.6 Å². The van der Waals surface area contributed by atoms with Crippen molar-refractivity contribution in [1.82, 2.24) is 25.1 Å². The van der Waals surface area contributed by atoms with Crippen molar-refractivity contribution < 1.29 is 19.5 Å². The highest BCUT2D eigenvalue weighted by Gasteiger charge is 2.41. The zero-order valence-corrected chi connectivity index (χ0v) is 28.8. The summed E-state index contributed by atoms with van der Waals surface area (Å²) in [5, 5.41) is 14.0. The van der Waals surface area contributed by atoms with Crippen molar-refractivity contribution in [2.75, 3.05) is 43.0 Å². The van der Waals surface area contributed by atoms with Crippen LogP contribution in [-0.4, -0.2) is 87.9 Å². The minimum Gasteiger partial charge on any atom is -0.385 e. The molecular weight excluding hydrogens is 618 g/mol. The maximum absolute atomic E-state index is 13.1. The second kappa shape index (κ2) is 13.5. The van der Waals surface area contributed by atoms with Crippen LogP contribution in [-0.2, 0) is 28.3 Å². The highest BCUT2D eigenvalue weighted by Crippen LogP contribution is 2.37. The maximum Gasteiger partial charge on any atom is 0.255 e. The third-order valence-corrected chi connectivity index (χ3v) is 11.1. The molecule has 5 heterocycles. The van der Waals surface area contributed by atoms with E-state index in [-0.39, 0.29) is 18.2 Å². The molecule has 3 amide bonds. The van der Waals surface area contributed by atoms with Crippen LogP contribution in [0.15, 0.2) is 54.9 Å². The Kier molecular flexibility index (Phi) is 9.15. The molecule has 11 nitrogen and oxygen atoms in total. The minimum absolute atomic E-state index is 0.195. The number of carbonyl (C=O) groups is 3. The van der Waals surface area contributed by atoms with Gasteiger partial charge >= 0.3 is 0 Å². The average molecular weight is 666 g/mol. The smallest absolute Gasteiger partial charge is 0.255 e. The van der Waals surface area contributed by atoms with E-state index in [0.29, 0.717) is 43.3 Å². The van der Waals surface area contributed by atoms with E-state index in [0.717, 1.165) is 68.2 Å². The number of anilines is 2. The number of nitrogens with one attached hydrogen (secondary N) is 1. The first-order chi connectivity index (χ1) is 23.6. The number of rotatable bonds is 8. The molecule has 0 spiro atoms. The van der Waals surface area contributed by atoms with Gasteiger partial charge in [-0.1, -0.05) is 38.1 Å². The molecule has 4 aliphatic heterocycles. The minimum atomic E-state index is -0.968. The number of hydrogen-bond acceptors (Lipinski definition) is 9. The molecule has 4 aliphatic rings. The number of amides is 3. The molecule has 0 saturated carbocycles. The molecule has 2 aromatic carbocycles. The molecule has 11 heteroatoms. The summed E-state index contributed by atoms with van der Waals surface area (Å²) < 4.78 is 0. The van der Waals surface area contributed by atoms with Gasteiger partial charge in [0, 0.05) is 82.4 Å². The first kappa shape index (κ1) is 33.2. The first-order valence-electron chi connectivity index (χ1n) is 17.7. The summed E-state index contributed by atoms with van der Waals surface area (Å²) in [4.78, 5) is 55.0. The van der Waals surface area contributed by atoms with Crippen molar-refractivity contribution >= 4 is 29.4 Å². The number of fused-ring (bicyclic) bond motifs is 1. The molecule has 1 unspecified atom stereocenters. The summed E-state index contributed by atoms with van der Waals surface area (Å²) in [5.41, 5.74) is 4.91. The predicted molar refractivity (Wildman–Crippen MR) is 187 cm³/mol. The summed E-state index contributed by atoms with van der Waals surface area (Å²) in [6.45, 7) is 8.98. The quantitative estimate of drug-likeness (QED) is 0.345. The fourth-order valence-corrected chi connectivity index (χ4v) is 7.79. The number of imide groups is 1. The number of likely N-dealkylation sites (tertiary alicyclic amines) is 1. The third kappa shape index (κ3) is 6.78. The number of aromatic nitrogens is 2. The Balaban J connectivity index is 0.897. The Hall–Kier alpha value is -4.35. The van der Waals surface area contributed by atoms with Gasteiger partial charge in [0.05, 0.1) is 5.60 Å². The second-order valence-corrected chi connectivity index (χ2v) is 14.5. The lowest BCUT2D eigenvalue weighted by atomic mass is 9.83. The van der Waals surface area contributed by atoms with Crippen LogP contribution in [0.4, 0.5) is 11.6 Å². The molecule has 0 bridgehead atoms. The first-order valence-corrected chi connectivity index (χ1v) is 17.7. The van der Waals surface area contributed by atoms with Gasteiger partial charge < -0.3 is 19.8 Å². The van der Waals surface area contributed by atoms with E-state index in [1.807, 2.05) is 24.5 Å². The topological polar surface area (TPSA) is 122 Å². The highest BCUT2D eigenvalue weighted by molar-refractivity contribution is 6.05. The van der Waals surface area contributed by atoms with Gasteiger partial charge in [-0.15, -0.1) is 0 Å². The molecule has 1 atom stereocenters. The van der Waals surface area contributed by atoms with E-state index in [1.54, 1.807) is 11.0 Å². The van der Waals surface area contributed by atoms with Crippen molar-refractivity contribution in [3.63, 3.8) is 0 Å². The van der Waals surface area contributed by atoms with Crippen LogP contribution in [0, 0.1) is 0 Å². The Labute approximate surface area is 288 Å². The van der Waals surface area contributed by atoms with Gasteiger partial charge in [-0.25, -0.2) is 9.97 Å². The van der Waals surface area contributed by atoms with Gasteiger partial charge in [0.2, 0.25) is 17.8 Å². The summed E-state index contributed by atoms with van der Waals surface area (Å²) in [5.74, 6) is 0.314. The summed E-state index contributed by atoms with van der Waals surface area (Å²) in [6, 6.07) is 14.3. The number of piperidine rings is 3. The van der Waals surface area contributed by atoms with Gasteiger partial charge in [-0.05, 0) is 78.5 Å². The molecule has 1 aromatic heterocycles. The Morgan fingerprint density at radius 1 is 0.959 bits per heavy atom. The largest absolute Gasteiger partial charge is 0.385 e.